The highest BCUT2D eigenvalue weighted by atomic mass is 35.5. The fraction of sp³-hybridized carbons (Fsp3) is 0.0500. The summed E-state index contributed by atoms with van der Waals surface area (Å²) >= 11 is 7.09. The summed E-state index contributed by atoms with van der Waals surface area (Å²) in [4.78, 5) is 11.8. The lowest BCUT2D eigenvalue weighted by molar-refractivity contribution is 0.1000. The number of carbonyl (C=O) groups is 1. The Morgan fingerprint density at radius 3 is 2.52 bits per heavy atom. The van der Waals surface area contributed by atoms with Crippen LogP contribution in [0.3, 0.4) is 0 Å². The van der Waals surface area contributed by atoms with Crippen molar-refractivity contribution in [3.8, 4) is 22.6 Å². The fourth-order valence-electron chi connectivity index (χ4n) is 2.50. The van der Waals surface area contributed by atoms with Gasteiger partial charge in [0.25, 0.3) is 0 Å². The van der Waals surface area contributed by atoms with Crippen LogP contribution in [-0.2, 0) is 0 Å². The molecule has 3 rings (SSSR count). The largest absolute Gasteiger partial charge is 0.505 e. The van der Waals surface area contributed by atoms with Crippen molar-refractivity contribution in [1.29, 1.82) is 0 Å². The lowest BCUT2D eigenvalue weighted by Crippen LogP contribution is -2.11. The first-order chi connectivity index (χ1) is 13.0. The molecule has 138 valence electrons. The average molecular weight is 401 g/mol. The van der Waals surface area contributed by atoms with Crippen molar-refractivity contribution in [2.24, 2.45) is 5.73 Å². The number of nitrogens with one attached hydrogen (secondary N) is 1. The third-order valence-electron chi connectivity index (χ3n) is 3.89. The van der Waals surface area contributed by atoms with Gasteiger partial charge in [-0.05, 0) is 47.3 Å². The van der Waals surface area contributed by atoms with Crippen LogP contribution in [0.4, 0.5) is 5.69 Å². The number of ether oxygens (including phenoxy) is 1. The van der Waals surface area contributed by atoms with Gasteiger partial charge in [-0.2, -0.15) is 0 Å². The zero-order chi connectivity index (χ0) is 19.4. The molecular weight excluding hydrogens is 384 g/mol. The second kappa shape index (κ2) is 8.24. The van der Waals surface area contributed by atoms with Gasteiger partial charge in [0.15, 0.2) is 0 Å². The lowest BCUT2D eigenvalue weighted by Gasteiger charge is -2.14. The van der Waals surface area contributed by atoms with Crippen molar-refractivity contribution < 1.29 is 14.6 Å². The van der Waals surface area contributed by atoms with Crippen molar-refractivity contribution >= 4 is 35.1 Å². The number of rotatable bonds is 6. The zero-order valence-corrected chi connectivity index (χ0v) is 16.0. The molecule has 0 fully saturated rings. The lowest BCUT2D eigenvalue weighted by atomic mass is 10.1. The Hall–Kier alpha value is -2.83. The van der Waals surface area contributed by atoms with E-state index >= 15 is 0 Å². The van der Waals surface area contributed by atoms with Gasteiger partial charge in [0.1, 0.15) is 11.5 Å². The fourth-order valence-corrected chi connectivity index (χ4v) is 3.55. The highest BCUT2D eigenvalue weighted by molar-refractivity contribution is 8.00. The first-order valence-corrected chi connectivity index (χ1v) is 9.17. The van der Waals surface area contributed by atoms with Crippen LogP contribution in [-0.4, -0.2) is 18.1 Å². The van der Waals surface area contributed by atoms with Crippen LogP contribution in [0.25, 0.3) is 11.1 Å². The highest BCUT2D eigenvalue weighted by Gasteiger charge is 2.14. The molecule has 27 heavy (non-hydrogen) atoms. The molecule has 0 spiro atoms. The van der Waals surface area contributed by atoms with E-state index in [1.165, 1.54) is 12.1 Å². The number of amides is 1. The van der Waals surface area contributed by atoms with Crippen LogP contribution in [0.5, 0.6) is 11.5 Å². The van der Waals surface area contributed by atoms with Gasteiger partial charge in [-0.3, -0.25) is 4.79 Å². The molecule has 7 heteroatoms. The van der Waals surface area contributed by atoms with E-state index in [-0.39, 0.29) is 16.3 Å². The number of halogens is 1. The number of phenolic OH excluding ortho intramolecular Hbond substituents is 1. The van der Waals surface area contributed by atoms with E-state index in [2.05, 4.69) is 4.72 Å². The van der Waals surface area contributed by atoms with E-state index in [1.54, 1.807) is 7.11 Å². The second-order valence-electron chi connectivity index (χ2n) is 5.65. The Morgan fingerprint density at radius 2 is 1.85 bits per heavy atom. The molecule has 0 saturated heterocycles. The van der Waals surface area contributed by atoms with Crippen LogP contribution >= 0.6 is 23.5 Å². The Bertz CT molecular complexity index is 980. The zero-order valence-electron chi connectivity index (χ0n) is 14.4. The van der Waals surface area contributed by atoms with Crippen molar-refractivity contribution in [2.45, 2.75) is 4.90 Å². The standard InChI is InChI=1S/C20H17ClN2O3S/c1-26-17-8-7-13(12-5-3-2-4-6-12)10-16(17)23-27-18-11-14(20(22)25)9-15(21)19(18)24/h2-11,23-24H,1H3,(H2,22,25). The number of nitrogens with two attached hydrogens (primary N) is 1. The van der Waals surface area contributed by atoms with Gasteiger partial charge in [-0.25, -0.2) is 0 Å². The predicted molar refractivity (Wildman–Crippen MR) is 110 cm³/mol. The molecule has 3 aromatic carbocycles. The molecule has 3 aromatic rings. The minimum Gasteiger partial charge on any atom is -0.505 e. The molecule has 0 radical (unpaired) electrons. The number of carbonyl (C=O) groups excluding carboxylic acids is 1. The molecule has 0 atom stereocenters. The molecule has 0 aliphatic heterocycles. The smallest absolute Gasteiger partial charge is 0.248 e. The second-order valence-corrected chi connectivity index (χ2v) is 6.91. The number of methoxy groups -OCH3 is 1. The van der Waals surface area contributed by atoms with Crippen LogP contribution in [0.1, 0.15) is 10.4 Å². The van der Waals surface area contributed by atoms with Gasteiger partial charge in [0.2, 0.25) is 5.91 Å². The van der Waals surface area contributed by atoms with E-state index < -0.39 is 5.91 Å². The van der Waals surface area contributed by atoms with Crippen LogP contribution in [0.2, 0.25) is 5.02 Å². The molecule has 5 nitrogen and oxygen atoms in total. The number of benzene rings is 3. The Labute approximate surface area is 166 Å². The Morgan fingerprint density at radius 1 is 1.11 bits per heavy atom. The summed E-state index contributed by atoms with van der Waals surface area (Å²) in [6, 6.07) is 18.5. The van der Waals surface area contributed by atoms with Crippen molar-refractivity contribution in [3.63, 3.8) is 0 Å². The number of anilines is 1. The van der Waals surface area contributed by atoms with Gasteiger partial charge in [0.05, 0.1) is 22.7 Å². The van der Waals surface area contributed by atoms with Crippen LogP contribution in [0.15, 0.2) is 65.6 Å². The number of aromatic hydroxyl groups is 1. The van der Waals surface area contributed by atoms with Gasteiger partial charge in [-0.1, -0.05) is 48.0 Å². The summed E-state index contributed by atoms with van der Waals surface area (Å²) in [5.41, 5.74) is 8.31. The summed E-state index contributed by atoms with van der Waals surface area (Å²) in [6.45, 7) is 0. The molecule has 0 heterocycles. The first kappa shape index (κ1) is 18.9. The quantitative estimate of drug-likeness (QED) is 0.510. The topological polar surface area (TPSA) is 84.6 Å². The first-order valence-electron chi connectivity index (χ1n) is 7.98. The molecule has 4 N–H and O–H groups in total. The summed E-state index contributed by atoms with van der Waals surface area (Å²) in [5, 5.41) is 10.2. The molecule has 1 amide bonds. The third-order valence-corrected chi connectivity index (χ3v) is 5.03. The van der Waals surface area contributed by atoms with E-state index in [0.717, 1.165) is 23.1 Å². The van der Waals surface area contributed by atoms with Crippen molar-refractivity contribution in [2.75, 3.05) is 11.8 Å². The summed E-state index contributed by atoms with van der Waals surface area (Å²) in [7, 11) is 1.58. The van der Waals surface area contributed by atoms with E-state index in [0.29, 0.717) is 16.3 Å². The Balaban J connectivity index is 1.91. The predicted octanol–water partition coefficient (Wildman–Crippen LogP) is 4.94. The minimum atomic E-state index is -0.623. The van der Waals surface area contributed by atoms with Crippen LogP contribution in [0, 0.1) is 0 Å². The molecule has 0 unspecified atom stereocenters. The normalized spacial score (nSPS) is 10.4. The van der Waals surface area contributed by atoms with Gasteiger partial charge < -0.3 is 20.3 Å². The SMILES string of the molecule is COc1ccc(-c2ccccc2)cc1NSc1cc(C(N)=O)cc(Cl)c1O. The maximum absolute atomic E-state index is 11.4. The molecule has 0 aromatic heterocycles. The van der Waals surface area contributed by atoms with Crippen molar-refractivity contribution in [1.82, 2.24) is 0 Å². The minimum absolute atomic E-state index is 0.0561. The average Bonchev–Trinajstić information content (AvgIpc) is 2.69. The van der Waals surface area contributed by atoms with Crippen LogP contribution < -0.4 is 15.2 Å². The molecule has 0 aliphatic rings. The summed E-state index contributed by atoms with van der Waals surface area (Å²) in [6.07, 6.45) is 0. The van der Waals surface area contributed by atoms with E-state index in [4.69, 9.17) is 22.1 Å². The molecule has 0 bridgehead atoms. The summed E-state index contributed by atoms with van der Waals surface area (Å²) in [5.74, 6) is -0.112. The molecule has 0 aliphatic carbocycles. The number of primary amides is 1. The maximum atomic E-state index is 11.4. The highest BCUT2D eigenvalue weighted by Crippen LogP contribution is 2.39. The van der Waals surface area contributed by atoms with Gasteiger partial charge >= 0.3 is 0 Å². The third kappa shape index (κ3) is 4.30. The van der Waals surface area contributed by atoms with E-state index in [1.807, 2.05) is 48.5 Å². The number of hydrogen-bond acceptors (Lipinski definition) is 5. The molecular formula is C20H17ClN2O3S. The number of hydrogen-bond donors (Lipinski definition) is 3. The maximum Gasteiger partial charge on any atom is 0.248 e. The van der Waals surface area contributed by atoms with E-state index in [9.17, 15) is 9.90 Å². The molecule has 0 saturated carbocycles. The van der Waals surface area contributed by atoms with Crippen molar-refractivity contribution in [3.05, 3.63) is 71.2 Å². The monoisotopic (exact) mass is 400 g/mol. The van der Waals surface area contributed by atoms with Gasteiger partial charge in [0, 0.05) is 5.56 Å². The number of phenols is 1. The van der Waals surface area contributed by atoms with Gasteiger partial charge in [-0.15, -0.1) is 0 Å². The Kier molecular flexibility index (Phi) is 5.78. The summed E-state index contributed by atoms with van der Waals surface area (Å²) < 4.78 is 8.55.